The van der Waals surface area contributed by atoms with E-state index in [4.69, 9.17) is 0 Å². The molecule has 0 rings (SSSR count). The summed E-state index contributed by atoms with van der Waals surface area (Å²) in [5.74, 6) is 0. The molecule has 0 aromatic rings. The molecular formula is C4H7ClF2O. The number of hydrogen-bond donors (Lipinski definition) is 0. The van der Waals surface area contributed by atoms with E-state index in [1.54, 1.807) is 6.92 Å². The lowest BCUT2D eigenvalue weighted by Crippen LogP contribution is -2.15. The van der Waals surface area contributed by atoms with Crippen LogP contribution in [0.4, 0.5) is 8.78 Å². The van der Waals surface area contributed by atoms with Gasteiger partial charge in [0.15, 0.2) is 0 Å². The van der Waals surface area contributed by atoms with Crippen LogP contribution in [0, 0.1) is 0 Å². The molecule has 0 atom stereocenters. The first-order chi connectivity index (χ1) is 3.56. The van der Waals surface area contributed by atoms with Crippen LogP contribution in [-0.4, -0.2) is 18.6 Å². The summed E-state index contributed by atoms with van der Waals surface area (Å²) in [6.07, 6.45) is 0. The van der Waals surface area contributed by atoms with Gasteiger partial charge in [-0.05, 0) is 18.5 Å². The number of alkyl halides is 3. The number of halogens is 3. The van der Waals surface area contributed by atoms with E-state index in [2.05, 4.69) is 16.3 Å². The van der Waals surface area contributed by atoms with E-state index < -0.39 is 12.0 Å². The first kappa shape index (κ1) is 8.11. The van der Waals surface area contributed by atoms with Crippen LogP contribution in [-0.2, 0) is 4.74 Å². The molecule has 0 saturated heterocycles. The fourth-order valence-electron chi connectivity index (χ4n) is 0.218. The fraction of sp³-hybridized carbons (Fsp3) is 1.00. The van der Waals surface area contributed by atoms with E-state index >= 15 is 0 Å². The zero-order valence-electron chi connectivity index (χ0n) is 4.46. The highest BCUT2D eigenvalue weighted by Crippen LogP contribution is 2.17. The second kappa shape index (κ2) is 3.20. The quantitative estimate of drug-likeness (QED) is 0.550. The van der Waals surface area contributed by atoms with E-state index in [1.807, 2.05) is 0 Å². The van der Waals surface area contributed by atoms with Crippen molar-refractivity contribution in [3.8, 4) is 0 Å². The molecule has 0 amide bonds. The first-order valence-corrected chi connectivity index (χ1v) is 2.58. The Kier molecular flexibility index (Phi) is 3.24. The Labute approximate surface area is 51.6 Å². The summed E-state index contributed by atoms with van der Waals surface area (Å²) in [6.45, 7) is 1.19. The molecule has 0 N–H and O–H groups in total. The lowest BCUT2D eigenvalue weighted by molar-refractivity contribution is -0.00960. The van der Waals surface area contributed by atoms with Gasteiger partial charge in [0.1, 0.15) is 6.61 Å². The van der Waals surface area contributed by atoms with Crippen LogP contribution in [0.5, 0.6) is 0 Å². The molecule has 0 aromatic carbocycles. The summed E-state index contributed by atoms with van der Waals surface area (Å²) in [7, 11) is 0. The molecule has 0 radical (unpaired) electrons. The van der Waals surface area contributed by atoms with Gasteiger partial charge in [-0.3, -0.25) is 0 Å². The Morgan fingerprint density at radius 1 is 1.62 bits per heavy atom. The molecule has 0 bridgehead atoms. The summed E-state index contributed by atoms with van der Waals surface area (Å²) in [6, 6.07) is 0. The maximum absolute atomic E-state index is 11.5. The van der Waals surface area contributed by atoms with Crippen LogP contribution in [0.25, 0.3) is 0 Å². The number of ether oxygens (including phenoxy) is 1. The molecular weight excluding hydrogens is 137 g/mol. The van der Waals surface area contributed by atoms with Gasteiger partial charge in [-0.25, -0.2) is 0 Å². The van der Waals surface area contributed by atoms with Crippen molar-refractivity contribution in [1.82, 2.24) is 0 Å². The number of hydrogen-bond acceptors (Lipinski definition) is 1. The third kappa shape index (κ3) is 6.11. The van der Waals surface area contributed by atoms with Crippen molar-refractivity contribution < 1.29 is 13.5 Å². The predicted octanol–water partition coefficient (Wildman–Crippen LogP) is 1.85. The van der Waals surface area contributed by atoms with Crippen LogP contribution in [0.3, 0.4) is 0 Å². The molecule has 8 heavy (non-hydrogen) atoms. The minimum Gasteiger partial charge on any atom is -0.374 e. The summed E-state index contributed by atoms with van der Waals surface area (Å²) in [5.41, 5.74) is 0. The molecule has 0 aliphatic carbocycles. The minimum absolute atomic E-state index is 0.266. The largest absolute Gasteiger partial charge is 0.374 e. The average molecular weight is 145 g/mol. The Morgan fingerprint density at radius 3 is 2.25 bits per heavy atom. The fourth-order valence-corrected chi connectivity index (χ4v) is 0.295. The molecule has 0 aromatic heterocycles. The van der Waals surface area contributed by atoms with Crippen molar-refractivity contribution in [2.24, 2.45) is 0 Å². The molecule has 0 aliphatic heterocycles. The van der Waals surface area contributed by atoms with Gasteiger partial charge >= 0.3 is 5.38 Å². The second-order valence-electron chi connectivity index (χ2n) is 1.25. The van der Waals surface area contributed by atoms with Gasteiger partial charge in [0.05, 0.1) is 0 Å². The van der Waals surface area contributed by atoms with Crippen molar-refractivity contribution >= 4 is 11.6 Å². The molecule has 0 heterocycles. The molecule has 0 aliphatic rings. The van der Waals surface area contributed by atoms with E-state index in [0.717, 1.165) is 0 Å². The topological polar surface area (TPSA) is 9.23 Å². The maximum Gasteiger partial charge on any atom is 0.344 e. The standard InChI is InChI=1S/C4H7ClF2O/c1-2-8-3-4(5,6)7/h2-3H2,1H3. The predicted molar refractivity (Wildman–Crippen MR) is 27.3 cm³/mol. The van der Waals surface area contributed by atoms with Gasteiger partial charge in [0, 0.05) is 6.61 Å². The van der Waals surface area contributed by atoms with E-state index in [1.165, 1.54) is 0 Å². The van der Waals surface area contributed by atoms with Gasteiger partial charge in [0.2, 0.25) is 0 Å². The lowest BCUT2D eigenvalue weighted by atomic mass is 10.7. The SMILES string of the molecule is CCOCC(F)(F)Cl. The Balaban J connectivity index is 3.11. The lowest BCUT2D eigenvalue weighted by Gasteiger charge is -2.05. The molecule has 0 spiro atoms. The summed E-state index contributed by atoms with van der Waals surface area (Å²) in [5, 5.41) is -3.20. The van der Waals surface area contributed by atoms with E-state index in [-0.39, 0.29) is 6.61 Å². The monoisotopic (exact) mass is 144 g/mol. The Morgan fingerprint density at radius 2 is 2.12 bits per heavy atom. The van der Waals surface area contributed by atoms with Crippen LogP contribution in [0.15, 0.2) is 0 Å². The minimum atomic E-state index is -3.20. The molecule has 0 fully saturated rings. The van der Waals surface area contributed by atoms with Gasteiger partial charge in [-0.2, -0.15) is 8.78 Å². The highest BCUT2D eigenvalue weighted by Gasteiger charge is 2.23. The molecule has 1 nitrogen and oxygen atoms in total. The second-order valence-corrected chi connectivity index (χ2v) is 1.81. The van der Waals surface area contributed by atoms with Gasteiger partial charge in [-0.1, -0.05) is 0 Å². The number of rotatable bonds is 3. The summed E-state index contributed by atoms with van der Waals surface area (Å²) in [4.78, 5) is 0. The van der Waals surface area contributed by atoms with Crippen molar-refractivity contribution in [2.45, 2.75) is 12.3 Å². The Hall–Kier alpha value is 0.110. The maximum atomic E-state index is 11.5. The van der Waals surface area contributed by atoms with Gasteiger partial charge in [-0.15, -0.1) is 0 Å². The first-order valence-electron chi connectivity index (χ1n) is 2.20. The van der Waals surface area contributed by atoms with Crippen molar-refractivity contribution in [1.29, 1.82) is 0 Å². The zero-order valence-corrected chi connectivity index (χ0v) is 5.21. The van der Waals surface area contributed by atoms with Gasteiger partial charge in [0.25, 0.3) is 0 Å². The smallest absolute Gasteiger partial charge is 0.344 e. The van der Waals surface area contributed by atoms with E-state index in [9.17, 15) is 8.78 Å². The molecule has 0 unspecified atom stereocenters. The van der Waals surface area contributed by atoms with Crippen LogP contribution in [0.2, 0.25) is 0 Å². The van der Waals surface area contributed by atoms with Crippen molar-refractivity contribution in [3.05, 3.63) is 0 Å². The highest BCUT2D eigenvalue weighted by atomic mass is 35.5. The van der Waals surface area contributed by atoms with Crippen LogP contribution >= 0.6 is 11.6 Å². The normalized spacial score (nSPS) is 12.0. The van der Waals surface area contributed by atoms with Crippen molar-refractivity contribution in [2.75, 3.05) is 13.2 Å². The van der Waals surface area contributed by atoms with E-state index in [0.29, 0.717) is 0 Å². The third-order valence-corrected chi connectivity index (χ3v) is 0.579. The van der Waals surface area contributed by atoms with Crippen LogP contribution < -0.4 is 0 Å². The third-order valence-electron chi connectivity index (χ3n) is 0.470. The summed E-state index contributed by atoms with van der Waals surface area (Å²) >= 11 is 4.45. The molecule has 50 valence electrons. The molecule has 4 heteroatoms. The summed E-state index contributed by atoms with van der Waals surface area (Å²) < 4.78 is 27.4. The van der Waals surface area contributed by atoms with Crippen LogP contribution in [0.1, 0.15) is 6.92 Å². The zero-order chi connectivity index (χ0) is 6.62. The van der Waals surface area contributed by atoms with Gasteiger partial charge < -0.3 is 4.74 Å². The average Bonchev–Trinajstić information content (AvgIpc) is 1.59. The van der Waals surface area contributed by atoms with Crippen molar-refractivity contribution in [3.63, 3.8) is 0 Å². The molecule has 0 saturated carbocycles. The highest BCUT2D eigenvalue weighted by molar-refractivity contribution is 6.21. The Bertz CT molecular complexity index is 61.5.